The van der Waals surface area contributed by atoms with E-state index >= 15 is 0 Å². The predicted molar refractivity (Wildman–Crippen MR) is 135 cm³/mol. The maximum atomic E-state index is 12.6. The summed E-state index contributed by atoms with van der Waals surface area (Å²) in [4.78, 5) is 12.6. The first-order chi connectivity index (χ1) is 15.6. The number of anilines is 1. The monoisotopic (exact) mass is 464 g/mol. The van der Waals surface area contributed by atoms with Crippen molar-refractivity contribution in [1.29, 1.82) is 0 Å². The van der Waals surface area contributed by atoms with E-state index in [1.165, 1.54) is 16.1 Å². The third-order valence-corrected chi connectivity index (χ3v) is 6.87. The summed E-state index contributed by atoms with van der Waals surface area (Å²) in [6.45, 7) is 7.02. The van der Waals surface area contributed by atoms with Crippen LogP contribution in [0.2, 0.25) is 0 Å². The van der Waals surface area contributed by atoms with E-state index in [-0.39, 0.29) is 18.4 Å². The molecule has 0 aliphatic heterocycles. The number of rotatable bonds is 9. The first kappa shape index (κ1) is 24.5. The summed E-state index contributed by atoms with van der Waals surface area (Å²) < 4.78 is 26.3. The van der Waals surface area contributed by atoms with Gasteiger partial charge in [-0.2, -0.15) is 0 Å². The lowest BCUT2D eigenvalue weighted by molar-refractivity contribution is 0.0951. The van der Waals surface area contributed by atoms with Crippen LogP contribution in [0.5, 0.6) is 0 Å². The zero-order chi connectivity index (χ0) is 24.0. The quantitative estimate of drug-likeness (QED) is 0.467. The normalized spacial score (nSPS) is 12.4. The van der Waals surface area contributed by atoms with Crippen molar-refractivity contribution in [3.63, 3.8) is 0 Å². The third kappa shape index (κ3) is 6.68. The van der Waals surface area contributed by atoms with E-state index in [1.54, 1.807) is 24.3 Å². The highest BCUT2D eigenvalue weighted by Gasteiger charge is 2.18. The van der Waals surface area contributed by atoms with Crippen molar-refractivity contribution < 1.29 is 13.2 Å². The lowest BCUT2D eigenvalue weighted by Crippen LogP contribution is -2.29. The standard InChI is InChI=1S/C27H32N2O3S/c1-20(2)23-14-16-26(17-15-23)29(33(4,31)32)19-22-10-12-25(13-11-22)27(30)28-18-21(3)24-8-6-5-7-9-24/h5-17,20-21H,18-19H2,1-4H3,(H,28,30)/t21-/m0/s1. The van der Waals surface area contributed by atoms with Crippen molar-refractivity contribution in [3.8, 4) is 0 Å². The Morgan fingerprint density at radius 1 is 0.848 bits per heavy atom. The van der Waals surface area contributed by atoms with Gasteiger partial charge in [0.2, 0.25) is 10.0 Å². The van der Waals surface area contributed by atoms with Crippen molar-refractivity contribution in [2.24, 2.45) is 0 Å². The molecule has 33 heavy (non-hydrogen) atoms. The summed E-state index contributed by atoms with van der Waals surface area (Å²) in [6, 6.07) is 24.7. The van der Waals surface area contributed by atoms with Crippen LogP contribution in [0.25, 0.3) is 0 Å². The largest absolute Gasteiger partial charge is 0.351 e. The molecule has 1 N–H and O–H groups in total. The van der Waals surface area contributed by atoms with Crippen LogP contribution in [0, 0.1) is 0 Å². The minimum Gasteiger partial charge on any atom is -0.351 e. The lowest BCUT2D eigenvalue weighted by Gasteiger charge is -2.23. The Balaban J connectivity index is 1.66. The second-order valence-electron chi connectivity index (χ2n) is 8.73. The van der Waals surface area contributed by atoms with Gasteiger partial charge in [-0.1, -0.05) is 75.4 Å². The maximum Gasteiger partial charge on any atom is 0.251 e. The van der Waals surface area contributed by atoms with Crippen molar-refractivity contribution in [2.75, 3.05) is 17.1 Å². The summed E-state index contributed by atoms with van der Waals surface area (Å²) in [7, 11) is -3.47. The summed E-state index contributed by atoms with van der Waals surface area (Å²) in [5.41, 5.74) is 4.31. The Morgan fingerprint density at radius 2 is 1.45 bits per heavy atom. The Morgan fingerprint density at radius 3 is 2.00 bits per heavy atom. The van der Waals surface area contributed by atoms with Crippen LogP contribution in [0.4, 0.5) is 5.69 Å². The molecule has 0 spiro atoms. The molecule has 0 aliphatic carbocycles. The molecular formula is C27H32N2O3S. The molecule has 0 saturated carbocycles. The Bertz CT molecular complexity index is 1160. The van der Waals surface area contributed by atoms with Gasteiger partial charge >= 0.3 is 0 Å². The number of hydrogen-bond donors (Lipinski definition) is 1. The SMILES string of the molecule is CC(C)c1ccc(N(Cc2ccc(C(=O)NC[C@H](C)c3ccccc3)cc2)S(C)(=O)=O)cc1. The molecule has 1 amide bonds. The van der Waals surface area contributed by atoms with Crippen LogP contribution in [-0.2, 0) is 16.6 Å². The molecule has 0 heterocycles. The van der Waals surface area contributed by atoms with Gasteiger partial charge in [-0.25, -0.2) is 8.42 Å². The van der Waals surface area contributed by atoms with E-state index in [0.717, 1.165) is 11.1 Å². The van der Waals surface area contributed by atoms with Gasteiger partial charge in [-0.05, 0) is 52.8 Å². The topological polar surface area (TPSA) is 66.5 Å². The Kier molecular flexibility index (Phi) is 7.92. The molecule has 1 atom stereocenters. The smallest absolute Gasteiger partial charge is 0.251 e. The minimum atomic E-state index is -3.47. The molecule has 3 aromatic carbocycles. The fourth-order valence-electron chi connectivity index (χ4n) is 3.60. The van der Waals surface area contributed by atoms with Gasteiger partial charge in [-0.15, -0.1) is 0 Å². The Labute approximate surface area is 197 Å². The fraction of sp³-hybridized carbons (Fsp3) is 0.296. The van der Waals surface area contributed by atoms with E-state index < -0.39 is 10.0 Å². The van der Waals surface area contributed by atoms with Crippen molar-refractivity contribution in [1.82, 2.24) is 5.32 Å². The average Bonchev–Trinajstić information content (AvgIpc) is 2.81. The van der Waals surface area contributed by atoms with E-state index in [2.05, 4.69) is 38.2 Å². The number of carbonyl (C=O) groups excluding carboxylic acids is 1. The van der Waals surface area contributed by atoms with Gasteiger partial charge in [0.05, 0.1) is 18.5 Å². The molecule has 3 aromatic rings. The second-order valence-corrected chi connectivity index (χ2v) is 10.6. The zero-order valence-corrected chi connectivity index (χ0v) is 20.5. The van der Waals surface area contributed by atoms with Crippen LogP contribution in [0.15, 0.2) is 78.9 Å². The summed E-state index contributed by atoms with van der Waals surface area (Å²) >= 11 is 0. The van der Waals surface area contributed by atoms with Crippen LogP contribution in [-0.4, -0.2) is 27.1 Å². The molecule has 174 valence electrons. The molecular weight excluding hydrogens is 432 g/mol. The average molecular weight is 465 g/mol. The second kappa shape index (κ2) is 10.7. The van der Waals surface area contributed by atoms with Crippen molar-refractivity contribution >= 4 is 21.6 Å². The van der Waals surface area contributed by atoms with Crippen LogP contribution in [0.1, 0.15) is 59.7 Å². The number of hydrogen-bond acceptors (Lipinski definition) is 3. The fourth-order valence-corrected chi connectivity index (χ4v) is 4.49. The van der Waals surface area contributed by atoms with Gasteiger partial charge in [0.25, 0.3) is 5.91 Å². The van der Waals surface area contributed by atoms with Crippen LogP contribution in [0.3, 0.4) is 0 Å². The van der Waals surface area contributed by atoms with Crippen molar-refractivity contribution in [2.45, 2.75) is 39.2 Å². The first-order valence-electron chi connectivity index (χ1n) is 11.1. The number of sulfonamides is 1. The molecule has 3 rings (SSSR count). The molecule has 5 nitrogen and oxygen atoms in total. The van der Waals surface area contributed by atoms with Crippen LogP contribution >= 0.6 is 0 Å². The van der Waals surface area contributed by atoms with Crippen LogP contribution < -0.4 is 9.62 Å². The first-order valence-corrected chi connectivity index (χ1v) is 13.0. The zero-order valence-electron chi connectivity index (χ0n) is 19.7. The molecule has 6 heteroatoms. The van der Waals surface area contributed by atoms with Gasteiger partial charge < -0.3 is 5.32 Å². The summed E-state index contributed by atoms with van der Waals surface area (Å²) in [5, 5.41) is 2.98. The number of carbonyl (C=O) groups is 1. The highest BCUT2D eigenvalue weighted by atomic mass is 32.2. The molecule has 0 saturated heterocycles. The summed E-state index contributed by atoms with van der Waals surface area (Å²) in [6.07, 6.45) is 1.21. The third-order valence-electron chi connectivity index (χ3n) is 5.73. The molecule has 0 unspecified atom stereocenters. The lowest BCUT2D eigenvalue weighted by atomic mass is 10.0. The van der Waals surface area contributed by atoms with E-state index in [0.29, 0.717) is 23.7 Å². The van der Waals surface area contributed by atoms with Gasteiger partial charge in [0.1, 0.15) is 0 Å². The number of amides is 1. The number of benzene rings is 3. The molecule has 0 fully saturated rings. The molecule has 0 aromatic heterocycles. The van der Waals surface area contributed by atoms with E-state index in [4.69, 9.17) is 0 Å². The molecule has 0 aliphatic rings. The highest BCUT2D eigenvalue weighted by Crippen LogP contribution is 2.24. The van der Waals surface area contributed by atoms with Gasteiger partial charge in [0, 0.05) is 12.1 Å². The summed E-state index contributed by atoms with van der Waals surface area (Å²) in [5.74, 6) is 0.438. The highest BCUT2D eigenvalue weighted by molar-refractivity contribution is 7.92. The van der Waals surface area contributed by atoms with Gasteiger partial charge in [-0.3, -0.25) is 9.10 Å². The number of nitrogens with zero attached hydrogens (tertiary/aromatic N) is 1. The predicted octanol–water partition coefficient (Wildman–Crippen LogP) is 5.31. The maximum absolute atomic E-state index is 12.6. The number of nitrogens with one attached hydrogen (secondary N) is 1. The minimum absolute atomic E-state index is 0.145. The molecule has 0 radical (unpaired) electrons. The van der Waals surface area contributed by atoms with Crippen molar-refractivity contribution in [3.05, 3.63) is 101 Å². The van der Waals surface area contributed by atoms with Gasteiger partial charge in [0.15, 0.2) is 0 Å². The Hall–Kier alpha value is -3.12. The van der Waals surface area contributed by atoms with E-state index in [9.17, 15) is 13.2 Å². The molecule has 0 bridgehead atoms. The van der Waals surface area contributed by atoms with E-state index in [1.807, 2.05) is 42.5 Å².